The molecule has 64 valence electrons. The Morgan fingerprint density at radius 1 is 1.45 bits per heavy atom. The Bertz CT molecular complexity index is 156. The van der Waals surface area contributed by atoms with Crippen molar-refractivity contribution in [3.63, 3.8) is 0 Å². The zero-order valence-electron chi connectivity index (χ0n) is 7.63. The lowest BCUT2D eigenvalue weighted by atomic mass is 9.92. The highest BCUT2D eigenvalue weighted by Gasteiger charge is 2.25. The van der Waals surface area contributed by atoms with E-state index in [1.807, 2.05) is 4.90 Å². The van der Waals surface area contributed by atoms with Gasteiger partial charge < -0.3 is 4.90 Å². The van der Waals surface area contributed by atoms with Crippen LogP contribution >= 0.6 is 0 Å². The minimum atomic E-state index is 0.226. The molecule has 1 heterocycles. The van der Waals surface area contributed by atoms with E-state index >= 15 is 0 Å². The van der Waals surface area contributed by atoms with Gasteiger partial charge in [-0.1, -0.05) is 6.92 Å². The van der Waals surface area contributed by atoms with Crippen molar-refractivity contribution in [2.75, 3.05) is 6.54 Å². The quantitative estimate of drug-likeness (QED) is 0.521. The SMILES string of the molecule is CC(=O)N1CCC[C@H](C)[C@H]1C. The van der Waals surface area contributed by atoms with E-state index in [9.17, 15) is 4.79 Å². The molecule has 0 aliphatic carbocycles. The normalized spacial score (nSPS) is 32.1. The van der Waals surface area contributed by atoms with Crippen LogP contribution < -0.4 is 0 Å². The van der Waals surface area contributed by atoms with Crippen molar-refractivity contribution >= 4 is 5.91 Å². The summed E-state index contributed by atoms with van der Waals surface area (Å²) in [6.07, 6.45) is 2.44. The van der Waals surface area contributed by atoms with Crippen molar-refractivity contribution in [2.45, 2.75) is 39.7 Å². The Balaban J connectivity index is 2.58. The largest absolute Gasteiger partial charge is 0.340 e. The smallest absolute Gasteiger partial charge is 0.219 e. The van der Waals surface area contributed by atoms with E-state index in [0.29, 0.717) is 12.0 Å². The Morgan fingerprint density at radius 2 is 2.09 bits per heavy atom. The fourth-order valence-electron chi connectivity index (χ4n) is 1.78. The first-order valence-corrected chi connectivity index (χ1v) is 4.40. The number of carbonyl (C=O) groups excluding carboxylic acids is 1. The molecule has 2 atom stereocenters. The lowest BCUT2D eigenvalue weighted by Crippen LogP contribution is -2.44. The predicted octanol–water partition coefficient (Wildman–Crippen LogP) is 1.65. The molecular weight excluding hydrogens is 138 g/mol. The fraction of sp³-hybridized carbons (Fsp3) is 0.889. The van der Waals surface area contributed by atoms with Crippen LogP contribution in [-0.2, 0) is 4.79 Å². The van der Waals surface area contributed by atoms with E-state index in [0.717, 1.165) is 6.54 Å². The number of piperidine rings is 1. The molecule has 0 aromatic heterocycles. The second kappa shape index (κ2) is 3.24. The summed E-state index contributed by atoms with van der Waals surface area (Å²) in [5.41, 5.74) is 0. The van der Waals surface area contributed by atoms with Gasteiger partial charge >= 0.3 is 0 Å². The predicted molar refractivity (Wildman–Crippen MR) is 45.2 cm³/mol. The maximum Gasteiger partial charge on any atom is 0.219 e. The third-order valence-corrected chi connectivity index (χ3v) is 2.78. The summed E-state index contributed by atoms with van der Waals surface area (Å²) in [6.45, 7) is 6.99. The van der Waals surface area contributed by atoms with Crippen LogP contribution in [-0.4, -0.2) is 23.4 Å². The molecule has 1 aliphatic rings. The number of nitrogens with zero attached hydrogens (tertiary/aromatic N) is 1. The minimum absolute atomic E-state index is 0.226. The second-order valence-corrected chi connectivity index (χ2v) is 3.57. The van der Waals surface area contributed by atoms with Gasteiger partial charge in [-0.05, 0) is 25.7 Å². The second-order valence-electron chi connectivity index (χ2n) is 3.57. The lowest BCUT2D eigenvalue weighted by molar-refractivity contribution is -0.133. The summed E-state index contributed by atoms with van der Waals surface area (Å²) in [4.78, 5) is 13.1. The maximum atomic E-state index is 11.1. The van der Waals surface area contributed by atoms with E-state index in [-0.39, 0.29) is 5.91 Å². The topological polar surface area (TPSA) is 20.3 Å². The van der Waals surface area contributed by atoms with E-state index < -0.39 is 0 Å². The van der Waals surface area contributed by atoms with Gasteiger partial charge in [0.15, 0.2) is 0 Å². The molecule has 2 nitrogen and oxygen atoms in total. The molecule has 0 spiro atoms. The molecule has 2 heteroatoms. The van der Waals surface area contributed by atoms with E-state index in [1.54, 1.807) is 6.92 Å². The van der Waals surface area contributed by atoms with Crippen LogP contribution in [0.4, 0.5) is 0 Å². The summed E-state index contributed by atoms with van der Waals surface area (Å²) in [5.74, 6) is 0.900. The van der Waals surface area contributed by atoms with Crippen molar-refractivity contribution in [1.82, 2.24) is 4.90 Å². The molecule has 0 saturated carbocycles. The fourth-order valence-corrected chi connectivity index (χ4v) is 1.78. The van der Waals surface area contributed by atoms with Gasteiger partial charge in [0.1, 0.15) is 0 Å². The lowest BCUT2D eigenvalue weighted by Gasteiger charge is -2.37. The maximum absolute atomic E-state index is 11.1. The Kier molecular flexibility index (Phi) is 2.53. The number of amides is 1. The molecule has 0 aromatic rings. The van der Waals surface area contributed by atoms with Gasteiger partial charge in [0, 0.05) is 19.5 Å². The minimum Gasteiger partial charge on any atom is -0.340 e. The van der Waals surface area contributed by atoms with Crippen LogP contribution in [0.1, 0.15) is 33.6 Å². The summed E-state index contributed by atoms with van der Waals surface area (Å²) >= 11 is 0. The number of likely N-dealkylation sites (tertiary alicyclic amines) is 1. The van der Waals surface area contributed by atoms with Crippen molar-refractivity contribution in [2.24, 2.45) is 5.92 Å². The Morgan fingerprint density at radius 3 is 2.55 bits per heavy atom. The highest BCUT2D eigenvalue weighted by atomic mass is 16.2. The molecule has 0 aromatic carbocycles. The molecule has 1 fully saturated rings. The zero-order chi connectivity index (χ0) is 8.43. The van der Waals surface area contributed by atoms with Gasteiger partial charge in [0.2, 0.25) is 5.91 Å². The standard InChI is InChI=1S/C9H17NO/c1-7-5-4-6-10(8(7)2)9(3)11/h7-8H,4-6H2,1-3H3/t7-,8+/m0/s1. The first-order chi connectivity index (χ1) is 5.13. The molecule has 0 unspecified atom stereocenters. The van der Waals surface area contributed by atoms with Crippen LogP contribution in [0.5, 0.6) is 0 Å². The van der Waals surface area contributed by atoms with Crippen LogP contribution in [0.2, 0.25) is 0 Å². The van der Waals surface area contributed by atoms with Gasteiger partial charge in [0.05, 0.1) is 0 Å². The number of hydrogen-bond acceptors (Lipinski definition) is 1. The summed E-state index contributed by atoms with van der Waals surface area (Å²) in [7, 11) is 0. The van der Waals surface area contributed by atoms with Crippen molar-refractivity contribution in [1.29, 1.82) is 0 Å². The molecule has 1 saturated heterocycles. The molecule has 11 heavy (non-hydrogen) atoms. The van der Waals surface area contributed by atoms with Gasteiger partial charge in [0.25, 0.3) is 0 Å². The molecule has 0 radical (unpaired) electrons. The zero-order valence-corrected chi connectivity index (χ0v) is 7.63. The van der Waals surface area contributed by atoms with Crippen molar-refractivity contribution < 1.29 is 4.79 Å². The Hall–Kier alpha value is -0.530. The first kappa shape index (κ1) is 8.57. The van der Waals surface area contributed by atoms with Gasteiger partial charge in [-0.2, -0.15) is 0 Å². The van der Waals surface area contributed by atoms with E-state index in [4.69, 9.17) is 0 Å². The van der Waals surface area contributed by atoms with Crippen molar-refractivity contribution in [3.05, 3.63) is 0 Å². The third-order valence-electron chi connectivity index (χ3n) is 2.78. The van der Waals surface area contributed by atoms with Gasteiger partial charge in [-0.15, -0.1) is 0 Å². The molecule has 0 bridgehead atoms. The first-order valence-electron chi connectivity index (χ1n) is 4.40. The van der Waals surface area contributed by atoms with Crippen LogP contribution in [0.25, 0.3) is 0 Å². The highest BCUT2D eigenvalue weighted by Crippen LogP contribution is 2.22. The van der Waals surface area contributed by atoms with Crippen LogP contribution in [0.3, 0.4) is 0 Å². The van der Waals surface area contributed by atoms with Crippen LogP contribution in [0.15, 0.2) is 0 Å². The van der Waals surface area contributed by atoms with E-state index in [2.05, 4.69) is 13.8 Å². The summed E-state index contributed by atoms with van der Waals surface area (Å²) in [6, 6.07) is 0.446. The number of rotatable bonds is 0. The molecule has 1 amide bonds. The Labute approximate surface area is 68.6 Å². The van der Waals surface area contributed by atoms with Crippen molar-refractivity contribution in [3.8, 4) is 0 Å². The summed E-state index contributed by atoms with van der Waals surface area (Å²) in [5, 5.41) is 0. The number of hydrogen-bond donors (Lipinski definition) is 0. The average molecular weight is 155 g/mol. The number of carbonyl (C=O) groups is 1. The highest BCUT2D eigenvalue weighted by molar-refractivity contribution is 5.73. The molecule has 1 rings (SSSR count). The van der Waals surface area contributed by atoms with Crippen LogP contribution in [0, 0.1) is 5.92 Å². The molecule has 1 aliphatic heterocycles. The average Bonchev–Trinajstić information content (AvgIpc) is 1.94. The monoisotopic (exact) mass is 155 g/mol. The molecule has 0 N–H and O–H groups in total. The molecular formula is C9H17NO. The van der Waals surface area contributed by atoms with Gasteiger partial charge in [-0.3, -0.25) is 4.79 Å². The summed E-state index contributed by atoms with van der Waals surface area (Å²) < 4.78 is 0. The van der Waals surface area contributed by atoms with E-state index in [1.165, 1.54) is 12.8 Å². The van der Waals surface area contributed by atoms with Gasteiger partial charge in [-0.25, -0.2) is 0 Å². The third kappa shape index (κ3) is 1.73.